The average Bonchev–Trinajstić information content (AvgIpc) is 2.96. The molecular formula is C15H17N3O. The van der Waals surface area contributed by atoms with E-state index in [2.05, 4.69) is 35.3 Å². The number of nitrogens with one attached hydrogen (secondary N) is 1. The molecule has 1 amide bonds. The molecular weight excluding hydrogens is 238 g/mol. The van der Waals surface area contributed by atoms with E-state index in [9.17, 15) is 4.79 Å². The van der Waals surface area contributed by atoms with Crippen LogP contribution in [0.5, 0.6) is 0 Å². The highest BCUT2D eigenvalue weighted by Gasteiger charge is 2.26. The molecule has 4 heteroatoms. The number of nitrogens with zero attached hydrogens (tertiary/aromatic N) is 2. The fraction of sp³-hybridized carbons (Fsp3) is 0.333. The van der Waals surface area contributed by atoms with Gasteiger partial charge in [-0.3, -0.25) is 9.89 Å². The van der Waals surface area contributed by atoms with Crippen molar-refractivity contribution < 1.29 is 4.79 Å². The number of para-hydroxylation sites is 1. The Morgan fingerprint density at radius 1 is 1.42 bits per heavy atom. The second kappa shape index (κ2) is 4.53. The van der Waals surface area contributed by atoms with Crippen molar-refractivity contribution in [1.82, 2.24) is 10.2 Å². The summed E-state index contributed by atoms with van der Waals surface area (Å²) in [5.74, 6) is 0.125. The van der Waals surface area contributed by atoms with E-state index in [1.807, 2.05) is 17.9 Å². The van der Waals surface area contributed by atoms with Gasteiger partial charge < -0.3 is 4.90 Å². The predicted molar refractivity (Wildman–Crippen MR) is 74.3 cm³/mol. The predicted octanol–water partition coefficient (Wildman–Crippen LogP) is 2.16. The highest BCUT2D eigenvalue weighted by molar-refractivity contribution is 5.97. The first-order valence-corrected chi connectivity index (χ1v) is 6.55. The summed E-state index contributed by atoms with van der Waals surface area (Å²) in [5.41, 5.74) is 5.33. The zero-order valence-corrected chi connectivity index (χ0v) is 11.2. The number of aryl methyl sites for hydroxylation is 2. The third kappa shape index (κ3) is 2.14. The van der Waals surface area contributed by atoms with Gasteiger partial charge in [0.2, 0.25) is 5.91 Å². The molecule has 0 unspecified atom stereocenters. The van der Waals surface area contributed by atoms with E-state index in [1.54, 1.807) is 0 Å². The highest BCUT2D eigenvalue weighted by Crippen LogP contribution is 2.31. The van der Waals surface area contributed by atoms with Crippen molar-refractivity contribution in [2.45, 2.75) is 26.7 Å². The fourth-order valence-electron chi connectivity index (χ4n) is 2.72. The monoisotopic (exact) mass is 255 g/mol. The minimum Gasteiger partial charge on any atom is -0.311 e. The summed E-state index contributed by atoms with van der Waals surface area (Å²) in [6.07, 6.45) is 1.31. The van der Waals surface area contributed by atoms with E-state index in [1.165, 1.54) is 11.1 Å². The number of amides is 1. The lowest BCUT2D eigenvalue weighted by Gasteiger charge is -2.18. The van der Waals surface area contributed by atoms with Crippen LogP contribution in [0.25, 0.3) is 0 Å². The van der Waals surface area contributed by atoms with E-state index < -0.39 is 0 Å². The van der Waals surface area contributed by atoms with Crippen LogP contribution in [0.15, 0.2) is 24.3 Å². The normalized spacial score (nSPS) is 13.7. The number of aromatic nitrogens is 2. The van der Waals surface area contributed by atoms with Gasteiger partial charge in [-0.15, -0.1) is 0 Å². The second-order valence-electron chi connectivity index (χ2n) is 5.10. The van der Waals surface area contributed by atoms with Gasteiger partial charge >= 0.3 is 0 Å². The van der Waals surface area contributed by atoms with Crippen LogP contribution in [-0.2, 0) is 17.6 Å². The molecule has 0 saturated heterocycles. The third-order valence-electron chi connectivity index (χ3n) is 3.59. The lowest BCUT2D eigenvalue weighted by molar-refractivity contribution is -0.117. The molecule has 1 aromatic heterocycles. The van der Waals surface area contributed by atoms with Crippen LogP contribution in [0.2, 0.25) is 0 Å². The van der Waals surface area contributed by atoms with Crippen LogP contribution in [0.1, 0.15) is 22.5 Å². The number of hydrogen-bond donors (Lipinski definition) is 1. The molecule has 0 fully saturated rings. The summed E-state index contributed by atoms with van der Waals surface area (Å²) in [6.45, 7) is 4.78. The summed E-state index contributed by atoms with van der Waals surface area (Å²) in [7, 11) is 0. The smallest absolute Gasteiger partial charge is 0.233 e. The topological polar surface area (TPSA) is 49.0 Å². The Kier molecular flexibility index (Phi) is 2.85. The summed E-state index contributed by atoms with van der Waals surface area (Å²) >= 11 is 0. The molecule has 19 heavy (non-hydrogen) atoms. The highest BCUT2D eigenvalue weighted by atomic mass is 16.2. The van der Waals surface area contributed by atoms with Crippen molar-refractivity contribution in [2.75, 3.05) is 11.4 Å². The van der Waals surface area contributed by atoms with Gasteiger partial charge in [-0.25, -0.2) is 0 Å². The lowest BCUT2D eigenvalue weighted by atomic mass is 10.1. The number of rotatable bonds is 2. The molecule has 4 nitrogen and oxygen atoms in total. The first kappa shape index (κ1) is 12.0. The maximum absolute atomic E-state index is 12.4. The van der Waals surface area contributed by atoms with Crippen molar-refractivity contribution >= 4 is 11.6 Å². The molecule has 0 saturated carbocycles. The van der Waals surface area contributed by atoms with Crippen molar-refractivity contribution in [3.8, 4) is 0 Å². The number of fused-ring (bicyclic) bond motifs is 1. The Bertz CT molecular complexity index is 630. The Hall–Kier alpha value is -2.10. The molecule has 98 valence electrons. The van der Waals surface area contributed by atoms with E-state index in [4.69, 9.17) is 0 Å². The number of H-pyrrole nitrogens is 1. The van der Waals surface area contributed by atoms with Gasteiger partial charge in [-0.05, 0) is 37.5 Å². The second-order valence-corrected chi connectivity index (χ2v) is 5.10. The van der Waals surface area contributed by atoms with Crippen molar-refractivity contribution in [3.63, 3.8) is 0 Å². The summed E-state index contributed by atoms with van der Waals surface area (Å²) < 4.78 is 0. The Labute approximate surface area is 112 Å². The third-order valence-corrected chi connectivity index (χ3v) is 3.59. The number of carbonyl (C=O) groups excluding carboxylic acids is 1. The van der Waals surface area contributed by atoms with Crippen LogP contribution >= 0.6 is 0 Å². The molecule has 1 aliphatic rings. The Morgan fingerprint density at radius 2 is 2.26 bits per heavy atom. The number of aromatic amines is 1. The van der Waals surface area contributed by atoms with Crippen molar-refractivity contribution in [1.29, 1.82) is 0 Å². The quantitative estimate of drug-likeness (QED) is 0.894. The van der Waals surface area contributed by atoms with Crippen LogP contribution in [0.4, 0.5) is 5.69 Å². The van der Waals surface area contributed by atoms with E-state index in [-0.39, 0.29) is 5.91 Å². The summed E-state index contributed by atoms with van der Waals surface area (Å²) in [4.78, 5) is 14.3. The van der Waals surface area contributed by atoms with E-state index in [0.717, 1.165) is 30.0 Å². The van der Waals surface area contributed by atoms with Crippen molar-refractivity contribution in [3.05, 3.63) is 46.8 Å². The van der Waals surface area contributed by atoms with E-state index >= 15 is 0 Å². The van der Waals surface area contributed by atoms with Crippen LogP contribution < -0.4 is 4.90 Å². The SMILES string of the molecule is Cc1cc(CC(=O)N2CCc3cccc(C)c32)n[nH]1. The molecule has 2 heterocycles. The number of carbonyl (C=O) groups is 1. The van der Waals surface area contributed by atoms with Gasteiger partial charge in [0.25, 0.3) is 0 Å². The standard InChI is InChI=1S/C15H17N3O/c1-10-4-3-5-12-6-7-18(15(10)12)14(19)9-13-8-11(2)16-17-13/h3-5,8H,6-7,9H2,1-2H3,(H,16,17). The zero-order chi connectivity index (χ0) is 13.4. The fourth-order valence-corrected chi connectivity index (χ4v) is 2.72. The molecule has 1 N–H and O–H groups in total. The maximum Gasteiger partial charge on any atom is 0.233 e. The summed E-state index contributed by atoms with van der Waals surface area (Å²) in [6, 6.07) is 8.14. The first-order valence-electron chi connectivity index (χ1n) is 6.55. The van der Waals surface area contributed by atoms with Crippen LogP contribution in [0, 0.1) is 13.8 Å². The lowest BCUT2D eigenvalue weighted by Crippen LogP contribution is -2.30. The number of benzene rings is 1. The molecule has 0 atom stereocenters. The van der Waals surface area contributed by atoms with E-state index in [0.29, 0.717) is 6.42 Å². The van der Waals surface area contributed by atoms with Gasteiger partial charge in [-0.2, -0.15) is 5.10 Å². The molecule has 0 radical (unpaired) electrons. The molecule has 3 rings (SSSR count). The van der Waals surface area contributed by atoms with Crippen LogP contribution in [-0.4, -0.2) is 22.6 Å². The summed E-state index contributed by atoms with van der Waals surface area (Å²) in [5, 5.41) is 7.01. The van der Waals surface area contributed by atoms with Gasteiger partial charge in [0.15, 0.2) is 0 Å². The van der Waals surface area contributed by atoms with Crippen LogP contribution in [0.3, 0.4) is 0 Å². The largest absolute Gasteiger partial charge is 0.311 e. The van der Waals surface area contributed by atoms with Crippen molar-refractivity contribution in [2.24, 2.45) is 0 Å². The number of hydrogen-bond acceptors (Lipinski definition) is 2. The molecule has 0 aliphatic carbocycles. The first-order chi connectivity index (χ1) is 9.15. The average molecular weight is 255 g/mol. The van der Waals surface area contributed by atoms with Gasteiger partial charge in [-0.1, -0.05) is 18.2 Å². The van der Waals surface area contributed by atoms with Gasteiger partial charge in [0, 0.05) is 17.9 Å². The molecule has 0 bridgehead atoms. The molecule has 0 spiro atoms. The van der Waals surface area contributed by atoms with Gasteiger partial charge in [0.1, 0.15) is 0 Å². The minimum absolute atomic E-state index is 0.125. The molecule has 2 aromatic rings. The Morgan fingerprint density at radius 3 is 3.00 bits per heavy atom. The maximum atomic E-state index is 12.4. The van der Waals surface area contributed by atoms with Gasteiger partial charge in [0.05, 0.1) is 12.1 Å². The number of anilines is 1. The minimum atomic E-state index is 0.125. The zero-order valence-electron chi connectivity index (χ0n) is 11.2. The molecule has 1 aromatic carbocycles. The Balaban J connectivity index is 1.83. The molecule has 1 aliphatic heterocycles.